The van der Waals surface area contributed by atoms with Crippen LogP contribution in [0.15, 0.2) is 54.6 Å². The molecule has 0 radical (unpaired) electrons. The first-order valence-corrected chi connectivity index (χ1v) is 10.1. The molecule has 3 aromatic rings. The van der Waals surface area contributed by atoms with Gasteiger partial charge in [0.1, 0.15) is 6.61 Å². The van der Waals surface area contributed by atoms with E-state index in [9.17, 15) is 4.79 Å². The molecule has 0 aliphatic carbocycles. The number of hydrogen-bond acceptors (Lipinski definition) is 4. The molecule has 0 aliphatic rings. The van der Waals surface area contributed by atoms with Crippen LogP contribution in [0.4, 0.5) is 0 Å². The zero-order valence-electron chi connectivity index (χ0n) is 15.4. The van der Waals surface area contributed by atoms with E-state index in [0.717, 1.165) is 16.0 Å². The second-order valence-corrected chi connectivity index (χ2v) is 8.13. The molecular formula is C22H18Cl2O3S. The highest BCUT2D eigenvalue weighted by Crippen LogP contribution is 2.33. The zero-order chi connectivity index (χ0) is 20.1. The molecule has 0 saturated carbocycles. The summed E-state index contributed by atoms with van der Waals surface area (Å²) in [4.78, 5) is 14.2. The second-order valence-electron chi connectivity index (χ2n) is 6.02. The summed E-state index contributed by atoms with van der Waals surface area (Å²) in [5.41, 5.74) is 1.63. The number of para-hydroxylation sites is 1. The van der Waals surface area contributed by atoms with Gasteiger partial charge in [0.2, 0.25) is 0 Å². The number of carbonyl (C=O) groups excluding carboxylic acids is 1. The van der Waals surface area contributed by atoms with Crippen molar-refractivity contribution < 1.29 is 14.3 Å². The molecule has 0 unspecified atom stereocenters. The maximum absolute atomic E-state index is 12.4. The maximum Gasteiger partial charge on any atom is 0.195 e. The van der Waals surface area contributed by atoms with Gasteiger partial charge in [0.15, 0.2) is 17.3 Å². The van der Waals surface area contributed by atoms with E-state index in [-0.39, 0.29) is 12.4 Å². The molecule has 0 N–H and O–H groups in total. The lowest BCUT2D eigenvalue weighted by Crippen LogP contribution is -2.00. The van der Waals surface area contributed by atoms with E-state index in [0.29, 0.717) is 26.4 Å². The quantitative estimate of drug-likeness (QED) is 0.302. The Bertz CT molecular complexity index is 1020. The number of aryl methyl sites for hydroxylation is 1. The average Bonchev–Trinajstić information content (AvgIpc) is 3.13. The Kier molecular flexibility index (Phi) is 6.79. The molecule has 0 fully saturated rings. The Morgan fingerprint density at radius 2 is 1.93 bits per heavy atom. The molecule has 28 heavy (non-hydrogen) atoms. The van der Waals surface area contributed by atoms with Crippen LogP contribution in [0.1, 0.15) is 25.7 Å². The first-order valence-electron chi connectivity index (χ1n) is 8.50. The lowest BCUT2D eigenvalue weighted by Gasteiger charge is -2.13. The van der Waals surface area contributed by atoms with Crippen molar-refractivity contribution in [1.82, 2.24) is 0 Å². The minimum absolute atomic E-state index is 0.0450. The smallest absolute Gasteiger partial charge is 0.195 e. The van der Waals surface area contributed by atoms with Gasteiger partial charge in [0, 0.05) is 10.4 Å². The van der Waals surface area contributed by atoms with E-state index in [1.807, 2.05) is 43.3 Å². The Balaban J connectivity index is 1.82. The van der Waals surface area contributed by atoms with Crippen LogP contribution in [0.5, 0.6) is 11.5 Å². The standard InChI is InChI=1S/C22H18Cl2O3S/c1-14-6-11-21(28-14)19(25)10-8-16-4-3-5-20(26-2)22(16)27-13-15-7-9-17(23)18(24)12-15/h3-12H,13H2,1-2H3/b10-8+. The molecule has 0 atom stereocenters. The van der Waals surface area contributed by atoms with Crippen LogP contribution in [0.25, 0.3) is 6.08 Å². The SMILES string of the molecule is COc1cccc(/C=C/C(=O)c2ccc(C)s2)c1OCc1ccc(Cl)c(Cl)c1. The maximum atomic E-state index is 12.4. The summed E-state index contributed by atoms with van der Waals surface area (Å²) in [6.45, 7) is 2.26. The summed E-state index contributed by atoms with van der Waals surface area (Å²) in [5, 5.41) is 0.966. The molecule has 2 aromatic carbocycles. The highest BCUT2D eigenvalue weighted by molar-refractivity contribution is 7.14. The van der Waals surface area contributed by atoms with Crippen LogP contribution in [0.2, 0.25) is 10.0 Å². The Morgan fingerprint density at radius 3 is 2.61 bits per heavy atom. The largest absolute Gasteiger partial charge is 0.493 e. The van der Waals surface area contributed by atoms with Gasteiger partial charge in [0.05, 0.1) is 22.0 Å². The lowest BCUT2D eigenvalue weighted by atomic mass is 10.1. The summed E-state index contributed by atoms with van der Waals surface area (Å²) >= 11 is 13.5. The Labute approximate surface area is 178 Å². The van der Waals surface area contributed by atoms with E-state index in [1.54, 1.807) is 31.4 Å². The number of rotatable bonds is 7. The molecule has 0 saturated heterocycles. The third-order valence-corrected chi connectivity index (χ3v) is 5.75. The first kappa shape index (κ1) is 20.5. The van der Waals surface area contributed by atoms with Gasteiger partial charge in [-0.15, -0.1) is 11.3 Å². The number of ketones is 1. The van der Waals surface area contributed by atoms with Crippen molar-refractivity contribution in [2.75, 3.05) is 7.11 Å². The van der Waals surface area contributed by atoms with Gasteiger partial charge in [0.25, 0.3) is 0 Å². The molecule has 0 aliphatic heterocycles. The number of halogens is 2. The number of hydrogen-bond donors (Lipinski definition) is 0. The molecule has 1 aromatic heterocycles. The number of methoxy groups -OCH3 is 1. The van der Waals surface area contributed by atoms with Crippen molar-refractivity contribution in [1.29, 1.82) is 0 Å². The number of ether oxygens (including phenoxy) is 2. The van der Waals surface area contributed by atoms with E-state index in [2.05, 4.69) is 0 Å². The van der Waals surface area contributed by atoms with Crippen LogP contribution in [0.3, 0.4) is 0 Å². The highest BCUT2D eigenvalue weighted by atomic mass is 35.5. The predicted molar refractivity (Wildman–Crippen MR) is 116 cm³/mol. The monoisotopic (exact) mass is 432 g/mol. The van der Waals surface area contributed by atoms with Crippen LogP contribution < -0.4 is 9.47 Å². The predicted octanol–water partition coefficient (Wildman–Crippen LogP) is 6.85. The van der Waals surface area contributed by atoms with Gasteiger partial charge in [-0.1, -0.05) is 41.4 Å². The Morgan fingerprint density at radius 1 is 1.11 bits per heavy atom. The Hall–Kier alpha value is -2.27. The van der Waals surface area contributed by atoms with Crippen molar-refractivity contribution in [3.63, 3.8) is 0 Å². The van der Waals surface area contributed by atoms with Crippen LogP contribution in [-0.4, -0.2) is 12.9 Å². The normalized spacial score (nSPS) is 11.0. The van der Waals surface area contributed by atoms with Crippen molar-refractivity contribution in [3.05, 3.63) is 85.5 Å². The lowest BCUT2D eigenvalue weighted by molar-refractivity contribution is 0.105. The van der Waals surface area contributed by atoms with Crippen LogP contribution in [-0.2, 0) is 6.61 Å². The van der Waals surface area contributed by atoms with Gasteiger partial charge in [-0.2, -0.15) is 0 Å². The molecule has 144 valence electrons. The van der Waals surface area contributed by atoms with E-state index >= 15 is 0 Å². The molecule has 3 rings (SSSR count). The number of carbonyl (C=O) groups is 1. The second kappa shape index (κ2) is 9.28. The summed E-state index contributed by atoms with van der Waals surface area (Å²) in [5.74, 6) is 1.10. The molecule has 0 amide bonds. The van der Waals surface area contributed by atoms with Gasteiger partial charge >= 0.3 is 0 Å². The number of thiophene rings is 1. The van der Waals surface area contributed by atoms with E-state index in [4.69, 9.17) is 32.7 Å². The fourth-order valence-electron chi connectivity index (χ4n) is 2.58. The molecule has 3 nitrogen and oxygen atoms in total. The molecule has 0 spiro atoms. The van der Waals surface area contributed by atoms with Crippen molar-refractivity contribution in [2.24, 2.45) is 0 Å². The number of allylic oxidation sites excluding steroid dienone is 1. The van der Waals surface area contributed by atoms with Crippen molar-refractivity contribution in [2.45, 2.75) is 13.5 Å². The van der Waals surface area contributed by atoms with Gasteiger partial charge < -0.3 is 9.47 Å². The highest BCUT2D eigenvalue weighted by Gasteiger charge is 2.11. The summed E-state index contributed by atoms with van der Waals surface area (Å²) < 4.78 is 11.4. The summed E-state index contributed by atoms with van der Waals surface area (Å²) in [6.07, 6.45) is 3.29. The molecule has 6 heteroatoms. The van der Waals surface area contributed by atoms with Gasteiger partial charge in [-0.3, -0.25) is 4.79 Å². The topological polar surface area (TPSA) is 35.5 Å². The third-order valence-electron chi connectivity index (χ3n) is 3.99. The van der Waals surface area contributed by atoms with E-state index in [1.165, 1.54) is 11.3 Å². The molecule has 1 heterocycles. The van der Waals surface area contributed by atoms with Gasteiger partial charge in [-0.05, 0) is 55.0 Å². The van der Waals surface area contributed by atoms with Gasteiger partial charge in [-0.25, -0.2) is 0 Å². The molecular weight excluding hydrogens is 415 g/mol. The minimum Gasteiger partial charge on any atom is -0.493 e. The zero-order valence-corrected chi connectivity index (χ0v) is 17.7. The fraction of sp³-hybridized carbons (Fsp3) is 0.136. The summed E-state index contributed by atoms with van der Waals surface area (Å²) in [7, 11) is 1.58. The average molecular weight is 433 g/mol. The first-order chi connectivity index (χ1) is 13.5. The van der Waals surface area contributed by atoms with Crippen LogP contribution in [0, 0.1) is 6.92 Å². The molecule has 0 bridgehead atoms. The minimum atomic E-state index is -0.0450. The summed E-state index contributed by atoms with van der Waals surface area (Å²) in [6, 6.07) is 14.6. The van der Waals surface area contributed by atoms with Crippen molar-refractivity contribution in [3.8, 4) is 11.5 Å². The van der Waals surface area contributed by atoms with E-state index < -0.39 is 0 Å². The third kappa shape index (κ3) is 4.96. The fourth-order valence-corrected chi connectivity index (χ4v) is 3.69. The number of benzene rings is 2. The van der Waals surface area contributed by atoms with Crippen molar-refractivity contribution >= 4 is 46.4 Å². The van der Waals surface area contributed by atoms with Crippen LogP contribution >= 0.6 is 34.5 Å².